The highest BCUT2D eigenvalue weighted by atomic mass is 32.1. The van der Waals surface area contributed by atoms with Gasteiger partial charge in [0.1, 0.15) is 5.69 Å². The minimum absolute atomic E-state index is 0.149. The number of carbonyl (C=O) groups is 2. The van der Waals surface area contributed by atoms with Crippen LogP contribution in [0.1, 0.15) is 29.8 Å². The zero-order valence-electron chi connectivity index (χ0n) is 11.8. The summed E-state index contributed by atoms with van der Waals surface area (Å²) in [5.74, 6) is -0.149. The first-order valence-corrected chi connectivity index (χ1v) is 8.27. The summed E-state index contributed by atoms with van der Waals surface area (Å²) in [6.45, 7) is 0. The second-order valence-electron chi connectivity index (χ2n) is 5.84. The highest BCUT2D eigenvalue weighted by Crippen LogP contribution is 2.31. The molecule has 2 aromatic heterocycles. The van der Waals surface area contributed by atoms with Crippen LogP contribution < -0.4 is 16.0 Å². The Bertz CT molecular complexity index is 744. The largest absolute Gasteiger partial charge is 0.346 e. The van der Waals surface area contributed by atoms with Crippen LogP contribution in [0.5, 0.6) is 0 Å². The van der Waals surface area contributed by atoms with Crippen molar-refractivity contribution in [3.8, 4) is 0 Å². The van der Waals surface area contributed by atoms with E-state index in [-0.39, 0.29) is 11.9 Å². The van der Waals surface area contributed by atoms with Crippen LogP contribution in [0.15, 0.2) is 17.6 Å². The van der Waals surface area contributed by atoms with Crippen molar-refractivity contribution < 1.29 is 9.59 Å². The van der Waals surface area contributed by atoms with E-state index >= 15 is 0 Å². The quantitative estimate of drug-likeness (QED) is 0.746. The summed E-state index contributed by atoms with van der Waals surface area (Å²) in [4.78, 5) is 27.3. The molecule has 3 N–H and O–H groups in total. The summed E-state index contributed by atoms with van der Waals surface area (Å²) in [6, 6.07) is 2.88. The second-order valence-corrected chi connectivity index (χ2v) is 6.75. The highest BCUT2D eigenvalue weighted by molar-refractivity contribution is 7.17. The van der Waals surface area contributed by atoms with Gasteiger partial charge in [-0.2, -0.15) is 0 Å². The van der Waals surface area contributed by atoms with E-state index < -0.39 is 0 Å². The lowest BCUT2D eigenvalue weighted by molar-refractivity contribution is -0.105. The molecule has 0 spiro atoms. The molecule has 6 nitrogen and oxygen atoms in total. The Labute approximate surface area is 131 Å². The van der Waals surface area contributed by atoms with Crippen LogP contribution >= 0.6 is 11.3 Å². The molecule has 0 aliphatic carbocycles. The first kappa shape index (κ1) is 13.7. The number of thiophene rings is 1. The van der Waals surface area contributed by atoms with Gasteiger partial charge in [-0.15, -0.1) is 11.3 Å². The van der Waals surface area contributed by atoms with Crippen LogP contribution in [0.2, 0.25) is 0 Å². The number of nitrogens with zero attached hydrogens (tertiary/aromatic N) is 1. The Balaban J connectivity index is 1.56. The lowest BCUT2D eigenvalue weighted by Gasteiger charge is -2.21. The number of pyridine rings is 1. The van der Waals surface area contributed by atoms with Gasteiger partial charge in [-0.1, -0.05) is 0 Å². The third kappa shape index (κ3) is 2.26. The molecule has 22 heavy (non-hydrogen) atoms. The molecule has 2 bridgehead atoms. The summed E-state index contributed by atoms with van der Waals surface area (Å²) in [7, 11) is 0. The molecule has 4 rings (SSSR count). The first-order chi connectivity index (χ1) is 10.7. The van der Waals surface area contributed by atoms with E-state index in [1.54, 1.807) is 12.3 Å². The fraction of sp³-hybridized carbons (Fsp3) is 0.400. The maximum Gasteiger partial charge on any atom is 0.270 e. The number of amides is 2. The molecule has 4 heterocycles. The van der Waals surface area contributed by atoms with Crippen molar-refractivity contribution in [2.24, 2.45) is 0 Å². The number of nitrogens with one attached hydrogen (secondary N) is 3. The summed E-state index contributed by atoms with van der Waals surface area (Å²) < 4.78 is 0.947. The number of rotatable bonds is 4. The van der Waals surface area contributed by atoms with Gasteiger partial charge < -0.3 is 16.0 Å². The van der Waals surface area contributed by atoms with Gasteiger partial charge in [0.2, 0.25) is 6.41 Å². The van der Waals surface area contributed by atoms with E-state index in [0.29, 0.717) is 29.9 Å². The Morgan fingerprint density at radius 2 is 2.36 bits per heavy atom. The van der Waals surface area contributed by atoms with E-state index in [1.165, 1.54) is 17.8 Å². The topological polar surface area (TPSA) is 83.1 Å². The molecule has 2 fully saturated rings. The van der Waals surface area contributed by atoms with Crippen molar-refractivity contribution in [2.75, 3.05) is 5.32 Å². The van der Waals surface area contributed by atoms with Gasteiger partial charge in [-0.05, 0) is 25.3 Å². The fourth-order valence-electron chi connectivity index (χ4n) is 3.46. The van der Waals surface area contributed by atoms with Gasteiger partial charge in [0, 0.05) is 35.1 Å². The molecule has 2 aliphatic rings. The van der Waals surface area contributed by atoms with Gasteiger partial charge >= 0.3 is 0 Å². The maximum atomic E-state index is 12.4. The first-order valence-electron chi connectivity index (χ1n) is 7.39. The molecule has 114 valence electrons. The number of aromatic nitrogens is 1. The van der Waals surface area contributed by atoms with Crippen LogP contribution in [0, 0.1) is 0 Å². The van der Waals surface area contributed by atoms with Crippen molar-refractivity contribution in [1.82, 2.24) is 15.6 Å². The molecule has 2 aromatic rings. The van der Waals surface area contributed by atoms with E-state index in [0.717, 1.165) is 22.9 Å². The molecule has 2 aliphatic heterocycles. The monoisotopic (exact) mass is 316 g/mol. The van der Waals surface area contributed by atoms with Crippen LogP contribution in [0.4, 0.5) is 5.69 Å². The predicted octanol–water partition coefficient (Wildman–Crippen LogP) is 1.49. The van der Waals surface area contributed by atoms with Gasteiger partial charge in [0.05, 0.1) is 10.4 Å². The normalized spacial score (nSPS) is 26.3. The number of fused-ring (bicyclic) bond motifs is 3. The fourth-order valence-corrected chi connectivity index (χ4v) is 4.31. The Kier molecular flexibility index (Phi) is 3.31. The van der Waals surface area contributed by atoms with Crippen molar-refractivity contribution in [3.05, 3.63) is 23.3 Å². The molecule has 7 heteroatoms. The van der Waals surface area contributed by atoms with E-state index in [9.17, 15) is 9.59 Å². The molecule has 0 unspecified atom stereocenters. The highest BCUT2D eigenvalue weighted by Gasteiger charge is 2.39. The van der Waals surface area contributed by atoms with Gasteiger partial charge in [0.25, 0.3) is 5.91 Å². The average Bonchev–Trinajstić information content (AvgIpc) is 3.23. The van der Waals surface area contributed by atoms with Crippen molar-refractivity contribution in [2.45, 2.75) is 37.4 Å². The standard InChI is InChI=1S/C15H16N4O2S/c20-7-17-13-6-22-14-5-16-12(4-9(13)14)15(21)19-11-3-8-1-2-10(11)18-8/h4-8,10-11,18H,1-3H2,(H,17,20)(H,19,21)/t8-,10+,11-/m1/s1. The number of carbonyl (C=O) groups excluding carboxylic acids is 2. The molecular formula is C15H16N4O2S. The molecule has 2 saturated heterocycles. The molecule has 0 radical (unpaired) electrons. The van der Waals surface area contributed by atoms with E-state index in [2.05, 4.69) is 20.9 Å². The smallest absolute Gasteiger partial charge is 0.270 e. The lowest BCUT2D eigenvalue weighted by atomic mass is 9.95. The molecule has 0 aromatic carbocycles. The molecule has 0 saturated carbocycles. The van der Waals surface area contributed by atoms with Gasteiger partial charge in [0.15, 0.2) is 0 Å². The van der Waals surface area contributed by atoms with Gasteiger partial charge in [-0.3, -0.25) is 9.59 Å². The Morgan fingerprint density at radius 3 is 3.09 bits per heavy atom. The van der Waals surface area contributed by atoms with Crippen LogP contribution in [-0.2, 0) is 4.79 Å². The van der Waals surface area contributed by atoms with Crippen molar-refractivity contribution >= 4 is 39.4 Å². The number of hydrogen-bond donors (Lipinski definition) is 3. The molecule has 2 amide bonds. The van der Waals surface area contributed by atoms with E-state index in [4.69, 9.17) is 0 Å². The van der Waals surface area contributed by atoms with Gasteiger partial charge in [-0.25, -0.2) is 4.98 Å². The second kappa shape index (κ2) is 5.33. The minimum atomic E-state index is -0.149. The zero-order valence-corrected chi connectivity index (χ0v) is 12.7. The van der Waals surface area contributed by atoms with Crippen LogP contribution in [0.25, 0.3) is 10.1 Å². The number of hydrogen-bond acceptors (Lipinski definition) is 5. The SMILES string of the molecule is O=CNc1csc2cnc(C(=O)N[C@@H]3C[C@H]4CC[C@@H]3N4)cc12. The Morgan fingerprint density at radius 1 is 1.45 bits per heavy atom. The third-order valence-electron chi connectivity index (χ3n) is 4.52. The average molecular weight is 316 g/mol. The lowest BCUT2D eigenvalue weighted by Crippen LogP contribution is -2.43. The van der Waals surface area contributed by atoms with E-state index in [1.807, 2.05) is 5.38 Å². The minimum Gasteiger partial charge on any atom is -0.346 e. The van der Waals surface area contributed by atoms with Crippen LogP contribution in [0.3, 0.4) is 0 Å². The summed E-state index contributed by atoms with van der Waals surface area (Å²) >= 11 is 1.49. The third-order valence-corrected chi connectivity index (χ3v) is 5.46. The van der Waals surface area contributed by atoms with Crippen molar-refractivity contribution in [1.29, 1.82) is 0 Å². The maximum absolute atomic E-state index is 12.4. The summed E-state index contributed by atoms with van der Waals surface area (Å²) in [5.41, 5.74) is 1.11. The summed E-state index contributed by atoms with van der Waals surface area (Å²) in [5, 5.41) is 11.9. The van der Waals surface area contributed by atoms with Crippen LogP contribution in [-0.4, -0.2) is 35.4 Å². The van der Waals surface area contributed by atoms with Crippen molar-refractivity contribution in [3.63, 3.8) is 0 Å². The predicted molar refractivity (Wildman–Crippen MR) is 85.1 cm³/mol. The summed E-state index contributed by atoms with van der Waals surface area (Å²) in [6.07, 6.45) is 5.65. The number of anilines is 1. The zero-order chi connectivity index (χ0) is 15.1. The Hall–Kier alpha value is -1.99. The molecular weight excluding hydrogens is 300 g/mol. The molecule has 3 atom stereocenters.